The van der Waals surface area contributed by atoms with Gasteiger partial charge in [0.1, 0.15) is 17.7 Å². The van der Waals surface area contributed by atoms with E-state index in [1.165, 1.54) is 4.90 Å². The first-order valence-electron chi connectivity index (χ1n) is 11.9. The molecule has 0 saturated carbocycles. The van der Waals surface area contributed by atoms with Crippen LogP contribution in [0.1, 0.15) is 79.0 Å². The van der Waals surface area contributed by atoms with E-state index in [9.17, 15) is 14.4 Å². The molecule has 3 amide bonds. The third-order valence-corrected chi connectivity index (χ3v) is 5.21. The predicted molar refractivity (Wildman–Crippen MR) is 136 cm³/mol. The van der Waals surface area contributed by atoms with E-state index in [0.717, 1.165) is 5.56 Å². The summed E-state index contributed by atoms with van der Waals surface area (Å²) in [6.07, 6.45) is 1.57. The van der Waals surface area contributed by atoms with Crippen molar-refractivity contribution in [1.82, 2.24) is 15.5 Å². The number of benzene rings is 1. The molecule has 0 aromatic heterocycles. The van der Waals surface area contributed by atoms with Crippen molar-refractivity contribution in [2.45, 2.75) is 92.0 Å². The zero-order valence-corrected chi connectivity index (χ0v) is 22.3. The van der Waals surface area contributed by atoms with E-state index in [-0.39, 0.29) is 24.3 Å². The normalized spacial score (nSPS) is 14.4. The molecule has 0 saturated heterocycles. The minimum absolute atomic E-state index is 0.137. The Morgan fingerprint density at radius 3 is 2.09 bits per heavy atom. The third-order valence-electron chi connectivity index (χ3n) is 5.21. The van der Waals surface area contributed by atoms with Crippen molar-refractivity contribution in [2.24, 2.45) is 5.92 Å². The highest BCUT2D eigenvalue weighted by Gasteiger charge is 2.38. The number of rotatable bonds is 9. The van der Waals surface area contributed by atoms with Gasteiger partial charge in [0.25, 0.3) is 0 Å². The van der Waals surface area contributed by atoms with E-state index in [1.807, 2.05) is 65.8 Å². The number of hydrogen-bond acceptors (Lipinski definition) is 4. The Balaban J connectivity index is 3.48. The lowest BCUT2D eigenvalue weighted by atomic mass is 9.95. The van der Waals surface area contributed by atoms with Gasteiger partial charge in [-0.3, -0.25) is 9.59 Å². The largest absolute Gasteiger partial charge is 0.444 e. The molecule has 34 heavy (non-hydrogen) atoms. The SMILES string of the molecule is C=CCN(C(=O)C(NC(=O)OC(C)(C)C)C(C)CC)C(C(=O)NC(C)(C)C)c1ccc(C)cc1. The third kappa shape index (κ3) is 9.20. The molecule has 1 aromatic carbocycles. The predicted octanol–water partition coefficient (Wildman–Crippen LogP) is 4.90. The molecule has 2 N–H and O–H groups in total. The molecule has 0 radical (unpaired) electrons. The molecule has 0 bridgehead atoms. The minimum atomic E-state index is -0.891. The van der Waals surface area contributed by atoms with Gasteiger partial charge in [-0.15, -0.1) is 6.58 Å². The fourth-order valence-corrected chi connectivity index (χ4v) is 3.42. The Kier molecular flexibility index (Phi) is 10.3. The Bertz CT molecular complexity index is 850. The van der Waals surface area contributed by atoms with Crippen molar-refractivity contribution < 1.29 is 19.1 Å². The quantitative estimate of drug-likeness (QED) is 0.499. The van der Waals surface area contributed by atoms with Crippen molar-refractivity contribution in [3.8, 4) is 0 Å². The number of carbonyl (C=O) groups excluding carboxylic acids is 3. The van der Waals surface area contributed by atoms with Gasteiger partial charge in [-0.1, -0.05) is 56.2 Å². The first kappa shape index (κ1) is 29.2. The molecular weight excluding hydrogens is 430 g/mol. The molecule has 1 aromatic rings. The van der Waals surface area contributed by atoms with Crippen LogP contribution in [0, 0.1) is 12.8 Å². The molecule has 0 aliphatic carbocycles. The van der Waals surface area contributed by atoms with Crippen LogP contribution in [-0.4, -0.2) is 46.5 Å². The van der Waals surface area contributed by atoms with E-state index < -0.39 is 29.3 Å². The molecule has 0 fully saturated rings. The molecule has 7 nitrogen and oxygen atoms in total. The number of ether oxygens (including phenoxy) is 1. The first-order valence-corrected chi connectivity index (χ1v) is 11.9. The van der Waals surface area contributed by atoms with Gasteiger partial charge in [0, 0.05) is 12.1 Å². The van der Waals surface area contributed by atoms with E-state index in [1.54, 1.807) is 26.8 Å². The van der Waals surface area contributed by atoms with Crippen molar-refractivity contribution in [3.63, 3.8) is 0 Å². The molecule has 1 rings (SSSR count). The summed E-state index contributed by atoms with van der Waals surface area (Å²) in [4.78, 5) is 41.4. The van der Waals surface area contributed by atoms with E-state index in [0.29, 0.717) is 12.0 Å². The smallest absolute Gasteiger partial charge is 0.408 e. The summed E-state index contributed by atoms with van der Waals surface area (Å²) in [5.74, 6) is -0.849. The molecule has 0 aliphatic rings. The highest BCUT2D eigenvalue weighted by Crippen LogP contribution is 2.26. The van der Waals surface area contributed by atoms with Crippen LogP contribution in [0.2, 0.25) is 0 Å². The lowest BCUT2D eigenvalue weighted by Gasteiger charge is -2.36. The van der Waals surface area contributed by atoms with Crippen LogP contribution >= 0.6 is 0 Å². The van der Waals surface area contributed by atoms with Crippen LogP contribution < -0.4 is 10.6 Å². The number of nitrogens with one attached hydrogen (secondary N) is 2. The second-order valence-corrected chi connectivity index (χ2v) is 10.8. The molecule has 3 atom stereocenters. The topological polar surface area (TPSA) is 87.7 Å². The Morgan fingerprint density at radius 1 is 1.09 bits per heavy atom. The zero-order chi connectivity index (χ0) is 26.3. The van der Waals surface area contributed by atoms with Gasteiger partial charge in [-0.2, -0.15) is 0 Å². The zero-order valence-electron chi connectivity index (χ0n) is 22.3. The summed E-state index contributed by atoms with van der Waals surface area (Å²) < 4.78 is 5.40. The van der Waals surface area contributed by atoms with Crippen LogP contribution in [0.25, 0.3) is 0 Å². The average Bonchev–Trinajstić information content (AvgIpc) is 2.69. The van der Waals surface area contributed by atoms with Crippen molar-refractivity contribution in [2.75, 3.05) is 6.54 Å². The molecule has 0 aliphatic heterocycles. The Hall–Kier alpha value is -2.83. The second-order valence-electron chi connectivity index (χ2n) is 10.8. The van der Waals surface area contributed by atoms with E-state index >= 15 is 0 Å². The lowest BCUT2D eigenvalue weighted by Crippen LogP contribution is -2.56. The minimum Gasteiger partial charge on any atom is -0.444 e. The summed E-state index contributed by atoms with van der Waals surface area (Å²) in [6.45, 7) is 20.7. The highest BCUT2D eigenvalue weighted by atomic mass is 16.6. The maximum atomic E-state index is 13.9. The molecule has 190 valence electrons. The maximum Gasteiger partial charge on any atom is 0.408 e. The maximum absolute atomic E-state index is 13.9. The van der Waals surface area contributed by atoms with Gasteiger partial charge >= 0.3 is 6.09 Å². The number of aryl methyl sites for hydroxylation is 1. The second kappa shape index (κ2) is 12.0. The number of nitrogens with zero attached hydrogens (tertiary/aromatic N) is 1. The van der Waals surface area contributed by atoms with Crippen molar-refractivity contribution in [1.29, 1.82) is 0 Å². The number of alkyl carbamates (subject to hydrolysis) is 1. The Morgan fingerprint density at radius 2 is 1.65 bits per heavy atom. The van der Waals surface area contributed by atoms with Gasteiger partial charge in [0.15, 0.2) is 0 Å². The fourth-order valence-electron chi connectivity index (χ4n) is 3.42. The van der Waals surface area contributed by atoms with Crippen molar-refractivity contribution in [3.05, 3.63) is 48.0 Å². The van der Waals surface area contributed by atoms with Crippen LogP contribution in [0.5, 0.6) is 0 Å². The number of hydrogen-bond donors (Lipinski definition) is 2. The van der Waals surface area contributed by atoms with Crippen LogP contribution in [0.4, 0.5) is 4.79 Å². The van der Waals surface area contributed by atoms with Gasteiger partial charge in [0.2, 0.25) is 11.8 Å². The molecule has 0 heterocycles. The van der Waals surface area contributed by atoms with Gasteiger partial charge in [0.05, 0.1) is 0 Å². The number of amides is 3. The van der Waals surface area contributed by atoms with Gasteiger partial charge < -0.3 is 20.3 Å². The first-order chi connectivity index (χ1) is 15.6. The highest BCUT2D eigenvalue weighted by molar-refractivity contribution is 5.92. The van der Waals surface area contributed by atoms with Crippen LogP contribution in [-0.2, 0) is 14.3 Å². The Labute approximate surface area is 205 Å². The summed E-state index contributed by atoms with van der Waals surface area (Å²) in [7, 11) is 0. The lowest BCUT2D eigenvalue weighted by molar-refractivity contribution is -0.143. The van der Waals surface area contributed by atoms with Crippen LogP contribution in [0.15, 0.2) is 36.9 Å². The molecule has 3 unspecified atom stereocenters. The van der Waals surface area contributed by atoms with Gasteiger partial charge in [-0.25, -0.2) is 4.79 Å². The molecule has 7 heteroatoms. The van der Waals surface area contributed by atoms with Crippen LogP contribution in [0.3, 0.4) is 0 Å². The number of carbonyl (C=O) groups is 3. The van der Waals surface area contributed by atoms with Gasteiger partial charge in [-0.05, 0) is 59.9 Å². The summed E-state index contributed by atoms with van der Waals surface area (Å²) in [6, 6.07) is 5.77. The summed E-state index contributed by atoms with van der Waals surface area (Å²) >= 11 is 0. The van der Waals surface area contributed by atoms with Crippen molar-refractivity contribution >= 4 is 17.9 Å². The molecular formula is C27H43N3O4. The van der Waals surface area contributed by atoms with E-state index in [4.69, 9.17) is 4.74 Å². The monoisotopic (exact) mass is 473 g/mol. The standard InChI is InChI=1S/C27H43N3O4/c1-11-17-30(24(32)21(19(4)12-2)28-25(33)34-27(8,9)10)22(23(31)29-26(5,6)7)20-15-13-18(3)14-16-20/h11,13-16,19,21-22H,1,12,17H2,2-10H3,(H,28,33)(H,29,31). The fraction of sp³-hybridized carbons (Fsp3) is 0.593. The van der Waals surface area contributed by atoms with E-state index in [2.05, 4.69) is 17.2 Å². The molecule has 0 spiro atoms. The summed E-state index contributed by atoms with van der Waals surface area (Å²) in [5.41, 5.74) is 0.533. The summed E-state index contributed by atoms with van der Waals surface area (Å²) in [5, 5.41) is 5.75. The average molecular weight is 474 g/mol.